The lowest BCUT2D eigenvalue weighted by Gasteiger charge is -2.14. The van der Waals surface area contributed by atoms with Gasteiger partial charge in [0.1, 0.15) is 5.56 Å². The zero-order chi connectivity index (χ0) is 14.0. The summed E-state index contributed by atoms with van der Waals surface area (Å²) in [6, 6.07) is 0. The number of nitrogens with zero attached hydrogens (tertiary/aromatic N) is 3. The summed E-state index contributed by atoms with van der Waals surface area (Å²) in [6.07, 6.45) is 2.92. The molecule has 1 atom stereocenters. The van der Waals surface area contributed by atoms with Gasteiger partial charge in [-0.3, -0.25) is 4.68 Å². The van der Waals surface area contributed by atoms with Crippen molar-refractivity contribution in [1.29, 1.82) is 0 Å². The number of carboxylic acid groups (broad SMARTS) is 1. The molecule has 7 nitrogen and oxygen atoms in total. The van der Waals surface area contributed by atoms with Gasteiger partial charge >= 0.3 is 5.97 Å². The smallest absolute Gasteiger partial charge is 0.339 e. The van der Waals surface area contributed by atoms with Crippen LogP contribution in [-0.2, 0) is 11.8 Å². The number of fused-ring (bicyclic) bond motifs is 1. The molecule has 0 bridgehead atoms. The summed E-state index contributed by atoms with van der Waals surface area (Å²) in [7, 11) is 3.37. The van der Waals surface area contributed by atoms with E-state index in [4.69, 9.17) is 4.74 Å². The van der Waals surface area contributed by atoms with Crippen molar-refractivity contribution in [3.05, 3.63) is 18.0 Å². The van der Waals surface area contributed by atoms with E-state index >= 15 is 0 Å². The van der Waals surface area contributed by atoms with E-state index in [1.54, 1.807) is 25.0 Å². The summed E-state index contributed by atoms with van der Waals surface area (Å²) in [4.78, 5) is 15.4. The summed E-state index contributed by atoms with van der Waals surface area (Å²) in [5, 5.41) is 17.1. The lowest BCUT2D eigenvalue weighted by molar-refractivity contribution is 0.0697. The first-order valence-electron chi connectivity index (χ1n) is 5.85. The highest BCUT2D eigenvalue weighted by molar-refractivity contribution is 6.03. The number of aromatic carboxylic acids is 1. The standard InChI is InChI=1S/C12H16N4O3/c1-7(19-3)4-13-10-8-6-15-16(2)11(8)14-5-9(10)12(17)18/h5-7H,4H2,1-3H3,(H,13,14)(H,17,18). The highest BCUT2D eigenvalue weighted by atomic mass is 16.5. The first-order valence-corrected chi connectivity index (χ1v) is 5.85. The summed E-state index contributed by atoms with van der Waals surface area (Å²) in [5.74, 6) is -1.02. The van der Waals surface area contributed by atoms with Crippen molar-refractivity contribution in [2.75, 3.05) is 19.0 Å². The monoisotopic (exact) mass is 264 g/mol. The maximum Gasteiger partial charge on any atom is 0.339 e. The predicted octanol–water partition coefficient (Wildman–Crippen LogP) is 1.11. The molecular formula is C12H16N4O3. The Labute approximate surface area is 110 Å². The Kier molecular flexibility index (Phi) is 3.66. The lowest BCUT2D eigenvalue weighted by atomic mass is 10.1. The molecule has 2 rings (SSSR count). The van der Waals surface area contributed by atoms with E-state index in [2.05, 4.69) is 15.4 Å². The minimum absolute atomic E-state index is 0.0264. The molecule has 7 heteroatoms. The number of aryl methyl sites for hydroxylation is 1. The Balaban J connectivity index is 2.47. The molecule has 0 spiro atoms. The van der Waals surface area contributed by atoms with Gasteiger partial charge in [0.2, 0.25) is 0 Å². The molecule has 0 radical (unpaired) electrons. The van der Waals surface area contributed by atoms with E-state index in [1.165, 1.54) is 6.20 Å². The fourth-order valence-electron chi connectivity index (χ4n) is 1.78. The highest BCUT2D eigenvalue weighted by Gasteiger charge is 2.17. The minimum atomic E-state index is -1.02. The van der Waals surface area contributed by atoms with Crippen molar-refractivity contribution in [2.24, 2.45) is 7.05 Å². The van der Waals surface area contributed by atoms with Gasteiger partial charge in [-0.05, 0) is 6.92 Å². The van der Waals surface area contributed by atoms with Gasteiger partial charge < -0.3 is 15.2 Å². The van der Waals surface area contributed by atoms with Crippen LogP contribution in [0, 0.1) is 0 Å². The number of carbonyl (C=O) groups is 1. The van der Waals surface area contributed by atoms with Gasteiger partial charge in [0.15, 0.2) is 5.65 Å². The van der Waals surface area contributed by atoms with E-state index in [-0.39, 0.29) is 11.7 Å². The minimum Gasteiger partial charge on any atom is -0.478 e. The van der Waals surface area contributed by atoms with Crippen molar-refractivity contribution >= 4 is 22.7 Å². The molecule has 2 N–H and O–H groups in total. The molecule has 2 aromatic heterocycles. The van der Waals surface area contributed by atoms with E-state index in [0.29, 0.717) is 23.3 Å². The van der Waals surface area contributed by atoms with Crippen LogP contribution in [0.3, 0.4) is 0 Å². The number of pyridine rings is 1. The zero-order valence-electron chi connectivity index (χ0n) is 11.0. The van der Waals surface area contributed by atoms with Crippen molar-refractivity contribution in [3.63, 3.8) is 0 Å². The maximum atomic E-state index is 11.2. The van der Waals surface area contributed by atoms with E-state index in [1.807, 2.05) is 6.92 Å². The summed E-state index contributed by atoms with van der Waals surface area (Å²) in [6.45, 7) is 2.40. The lowest BCUT2D eigenvalue weighted by Crippen LogP contribution is -2.19. The molecule has 102 valence electrons. The Morgan fingerprint density at radius 3 is 2.95 bits per heavy atom. The molecule has 0 amide bonds. The Bertz CT molecular complexity index is 608. The number of hydrogen-bond acceptors (Lipinski definition) is 5. The summed E-state index contributed by atoms with van der Waals surface area (Å²) < 4.78 is 6.75. The van der Waals surface area contributed by atoms with Crippen LogP contribution in [0.4, 0.5) is 5.69 Å². The van der Waals surface area contributed by atoms with Crippen LogP contribution in [0.25, 0.3) is 11.0 Å². The normalized spacial score (nSPS) is 12.6. The third-order valence-corrected chi connectivity index (χ3v) is 2.96. The van der Waals surface area contributed by atoms with Crippen molar-refractivity contribution in [3.8, 4) is 0 Å². The van der Waals surface area contributed by atoms with Crippen LogP contribution in [0.2, 0.25) is 0 Å². The van der Waals surface area contributed by atoms with Crippen molar-refractivity contribution in [2.45, 2.75) is 13.0 Å². The molecule has 1 unspecified atom stereocenters. The molecule has 2 heterocycles. The second-order valence-corrected chi connectivity index (χ2v) is 4.28. The Morgan fingerprint density at radius 1 is 1.58 bits per heavy atom. The first kappa shape index (κ1) is 13.3. The molecule has 19 heavy (non-hydrogen) atoms. The third-order valence-electron chi connectivity index (χ3n) is 2.96. The quantitative estimate of drug-likeness (QED) is 0.841. The number of ether oxygens (including phenoxy) is 1. The molecule has 0 saturated carbocycles. The second kappa shape index (κ2) is 5.23. The average Bonchev–Trinajstić information content (AvgIpc) is 2.77. The molecule has 0 aliphatic carbocycles. The van der Waals surface area contributed by atoms with Gasteiger partial charge in [0.25, 0.3) is 0 Å². The van der Waals surface area contributed by atoms with E-state index in [0.717, 1.165) is 0 Å². The number of anilines is 1. The molecule has 2 aromatic rings. The zero-order valence-corrected chi connectivity index (χ0v) is 11.0. The van der Waals surface area contributed by atoms with Crippen LogP contribution in [0.5, 0.6) is 0 Å². The van der Waals surface area contributed by atoms with E-state index < -0.39 is 5.97 Å². The number of rotatable bonds is 5. The van der Waals surface area contributed by atoms with Gasteiger partial charge in [-0.15, -0.1) is 0 Å². The number of methoxy groups -OCH3 is 1. The van der Waals surface area contributed by atoms with Gasteiger partial charge in [0.05, 0.1) is 23.4 Å². The topological polar surface area (TPSA) is 89.3 Å². The number of nitrogens with one attached hydrogen (secondary N) is 1. The van der Waals surface area contributed by atoms with Crippen LogP contribution >= 0.6 is 0 Å². The SMILES string of the molecule is COC(C)CNc1c(C(=O)O)cnc2c1cnn2C. The van der Waals surface area contributed by atoms with Crippen LogP contribution in [0.1, 0.15) is 17.3 Å². The van der Waals surface area contributed by atoms with Gasteiger partial charge in [-0.2, -0.15) is 5.10 Å². The molecule has 0 aliphatic heterocycles. The predicted molar refractivity (Wildman–Crippen MR) is 70.4 cm³/mol. The van der Waals surface area contributed by atoms with Gasteiger partial charge in [-0.25, -0.2) is 9.78 Å². The summed E-state index contributed by atoms with van der Waals surface area (Å²) in [5.41, 5.74) is 1.29. The first-order chi connectivity index (χ1) is 9.04. The molecule has 0 aliphatic rings. The molecule has 0 aromatic carbocycles. The number of aromatic nitrogens is 3. The number of carboxylic acids is 1. The van der Waals surface area contributed by atoms with Crippen LogP contribution in [-0.4, -0.2) is 45.6 Å². The van der Waals surface area contributed by atoms with Gasteiger partial charge in [-0.1, -0.05) is 0 Å². The molecule has 0 saturated heterocycles. The molecule has 0 fully saturated rings. The maximum absolute atomic E-state index is 11.2. The van der Waals surface area contributed by atoms with Crippen molar-refractivity contribution in [1.82, 2.24) is 14.8 Å². The van der Waals surface area contributed by atoms with Crippen molar-refractivity contribution < 1.29 is 14.6 Å². The fourth-order valence-corrected chi connectivity index (χ4v) is 1.78. The largest absolute Gasteiger partial charge is 0.478 e. The Hall–Kier alpha value is -2.15. The van der Waals surface area contributed by atoms with Crippen LogP contribution < -0.4 is 5.32 Å². The summed E-state index contributed by atoms with van der Waals surface area (Å²) >= 11 is 0. The Morgan fingerprint density at radius 2 is 2.32 bits per heavy atom. The van der Waals surface area contributed by atoms with E-state index in [9.17, 15) is 9.90 Å². The average molecular weight is 264 g/mol. The molecular weight excluding hydrogens is 248 g/mol. The highest BCUT2D eigenvalue weighted by Crippen LogP contribution is 2.25. The number of hydrogen-bond donors (Lipinski definition) is 2. The van der Waals surface area contributed by atoms with Crippen LogP contribution in [0.15, 0.2) is 12.4 Å². The second-order valence-electron chi connectivity index (χ2n) is 4.28. The van der Waals surface area contributed by atoms with Gasteiger partial charge in [0, 0.05) is 26.9 Å². The fraction of sp³-hybridized carbons (Fsp3) is 0.417. The third kappa shape index (κ3) is 2.50.